The van der Waals surface area contributed by atoms with Gasteiger partial charge in [0, 0.05) is 29.0 Å². The average Bonchev–Trinajstić information content (AvgIpc) is 3.01. The molecule has 0 unspecified atom stereocenters. The van der Waals surface area contributed by atoms with Crippen LogP contribution in [-0.4, -0.2) is 29.2 Å². The molecule has 0 aliphatic rings. The van der Waals surface area contributed by atoms with Crippen LogP contribution in [0.25, 0.3) is 32.6 Å². The third kappa shape index (κ3) is 2.61. The molecule has 26 heavy (non-hydrogen) atoms. The van der Waals surface area contributed by atoms with E-state index in [1.807, 2.05) is 26.0 Å². The van der Waals surface area contributed by atoms with E-state index in [1.165, 1.54) is 0 Å². The number of ether oxygens (including phenoxy) is 2. The van der Waals surface area contributed by atoms with E-state index in [1.54, 1.807) is 13.3 Å². The van der Waals surface area contributed by atoms with Crippen LogP contribution in [0.3, 0.4) is 0 Å². The Morgan fingerprint density at radius 3 is 2.69 bits per heavy atom. The molecule has 0 radical (unpaired) electrons. The molecule has 0 spiro atoms. The molecule has 2 aromatic carbocycles. The number of carbonyl (C=O) groups excluding carboxylic acids is 1. The highest BCUT2D eigenvalue weighted by Gasteiger charge is 2.21. The lowest BCUT2D eigenvalue weighted by molar-refractivity contribution is 0.0366. The van der Waals surface area contributed by atoms with E-state index in [-0.39, 0.29) is 12.7 Å². The number of pyridine rings is 1. The summed E-state index contributed by atoms with van der Waals surface area (Å²) in [7, 11) is 1.61. The molecule has 0 atom stereocenters. The van der Waals surface area contributed by atoms with E-state index in [4.69, 9.17) is 9.47 Å². The molecule has 0 aliphatic carbocycles. The van der Waals surface area contributed by atoms with Gasteiger partial charge < -0.3 is 14.5 Å². The van der Waals surface area contributed by atoms with Crippen molar-refractivity contribution in [2.24, 2.45) is 0 Å². The minimum atomic E-state index is -0.427. The van der Waals surface area contributed by atoms with Gasteiger partial charge in [0.05, 0.1) is 24.4 Å². The van der Waals surface area contributed by atoms with Crippen LogP contribution in [0.1, 0.15) is 29.9 Å². The van der Waals surface area contributed by atoms with Crippen LogP contribution in [0.5, 0.6) is 0 Å². The highest BCUT2D eigenvalue weighted by atomic mass is 16.5. The Morgan fingerprint density at radius 1 is 1.12 bits per heavy atom. The van der Waals surface area contributed by atoms with Crippen molar-refractivity contribution in [3.05, 3.63) is 53.9 Å². The first kappa shape index (κ1) is 16.5. The Balaban J connectivity index is 2.10. The highest BCUT2D eigenvalue weighted by molar-refractivity contribution is 6.21. The lowest BCUT2D eigenvalue weighted by Gasteiger charge is -2.12. The molecular weight excluding hydrogens is 328 g/mol. The molecule has 0 amide bonds. The molecule has 0 fully saturated rings. The number of methoxy groups -OCH3 is 1. The van der Waals surface area contributed by atoms with Crippen LogP contribution in [0, 0.1) is 0 Å². The smallest absolute Gasteiger partial charge is 0.357 e. The van der Waals surface area contributed by atoms with Crippen LogP contribution in [0.4, 0.5) is 0 Å². The number of benzene rings is 2. The quantitative estimate of drug-likeness (QED) is 0.548. The Morgan fingerprint density at radius 2 is 1.92 bits per heavy atom. The maximum absolute atomic E-state index is 12.6. The second kappa shape index (κ2) is 6.42. The second-order valence-electron chi connectivity index (χ2n) is 6.60. The molecule has 2 aromatic heterocycles. The van der Waals surface area contributed by atoms with Gasteiger partial charge >= 0.3 is 5.97 Å². The van der Waals surface area contributed by atoms with Crippen molar-refractivity contribution < 1.29 is 14.3 Å². The van der Waals surface area contributed by atoms with E-state index in [0.29, 0.717) is 5.69 Å². The Labute approximate surface area is 150 Å². The van der Waals surface area contributed by atoms with E-state index in [2.05, 4.69) is 34.2 Å². The first-order chi connectivity index (χ1) is 12.6. The Kier molecular flexibility index (Phi) is 4.09. The number of nitrogens with one attached hydrogen (secondary N) is 1. The molecule has 5 nitrogen and oxygen atoms in total. The number of nitrogens with zero attached hydrogens (tertiary/aromatic N) is 1. The van der Waals surface area contributed by atoms with E-state index >= 15 is 0 Å². The lowest BCUT2D eigenvalue weighted by Crippen LogP contribution is -2.15. The number of esters is 1. The molecule has 0 saturated heterocycles. The van der Waals surface area contributed by atoms with E-state index in [9.17, 15) is 4.79 Å². The lowest BCUT2D eigenvalue weighted by atomic mass is 10.0. The number of hydrogen-bond acceptors (Lipinski definition) is 4. The normalized spacial score (nSPS) is 11.7. The number of H-pyrrole nitrogens is 1. The van der Waals surface area contributed by atoms with Crippen molar-refractivity contribution in [1.82, 2.24) is 9.97 Å². The number of hydrogen-bond donors (Lipinski definition) is 1. The summed E-state index contributed by atoms with van der Waals surface area (Å²) in [6.07, 6.45) is 1.49. The first-order valence-corrected chi connectivity index (χ1v) is 8.61. The predicted octanol–water partition coefficient (Wildman–Crippen LogP) is 4.58. The van der Waals surface area contributed by atoms with Gasteiger partial charge in [-0.05, 0) is 30.7 Å². The van der Waals surface area contributed by atoms with E-state index in [0.717, 1.165) is 38.1 Å². The molecule has 5 heteroatoms. The van der Waals surface area contributed by atoms with Crippen molar-refractivity contribution in [2.75, 3.05) is 7.11 Å². The molecule has 0 saturated carbocycles. The number of carbonyl (C=O) groups is 1. The van der Waals surface area contributed by atoms with Gasteiger partial charge in [0.25, 0.3) is 0 Å². The summed E-state index contributed by atoms with van der Waals surface area (Å²) in [4.78, 5) is 20.3. The maximum Gasteiger partial charge on any atom is 0.357 e. The van der Waals surface area contributed by atoms with Crippen LogP contribution in [0.15, 0.2) is 42.6 Å². The minimum absolute atomic E-state index is 0.209. The van der Waals surface area contributed by atoms with Gasteiger partial charge in [0.15, 0.2) is 5.69 Å². The van der Waals surface area contributed by atoms with Crippen LogP contribution < -0.4 is 0 Å². The third-order valence-electron chi connectivity index (χ3n) is 4.45. The van der Waals surface area contributed by atoms with Crippen LogP contribution in [-0.2, 0) is 16.1 Å². The molecule has 0 aliphatic heterocycles. The summed E-state index contributed by atoms with van der Waals surface area (Å²) in [5, 5.41) is 4.31. The largest absolute Gasteiger partial charge is 0.458 e. The monoisotopic (exact) mass is 348 g/mol. The number of rotatable bonds is 4. The number of aromatic nitrogens is 2. The third-order valence-corrected chi connectivity index (χ3v) is 4.45. The summed E-state index contributed by atoms with van der Waals surface area (Å²) < 4.78 is 10.8. The zero-order chi connectivity index (χ0) is 18.3. The topological polar surface area (TPSA) is 64.2 Å². The molecule has 132 valence electrons. The van der Waals surface area contributed by atoms with Crippen molar-refractivity contribution in [3.8, 4) is 0 Å². The van der Waals surface area contributed by atoms with Gasteiger partial charge in [0.2, 0.25) is 0 Å². The van der Waals surface area contributed by atoms with Crippen molar-refractivity contribution in [2.45, 2.75) is 26.6 Å². The summed E-state index contributed by atoms with van der Waals surface area (Å²) in [6.45, 7) is 3.93. The zero-order valence-electron chi connectivity index (χ0n) is 15.0. The fraction of sp³-hybridized carbons (Fsp3) is 0.238. The molecule has 2 heterocycles. The summed E-state index contributed by atoms with van der Waals surface area (Å²) in [5.41, 5.74) is 2.94. The molecule has 1 N–H and O–H groups in total. The fourth-order valence-corrected chi connectivity index (χ4v) is 3.45. The van der Waals surface area contributed by atoms with Crippen molar-refractivity contribution >= 4 is 38.5 Å². The molecule has 0 bridgehead atoms. The van der Waals surface area contributed by atoms with Crippen LogP contribution >= 0.6 is 0 Å². The van der Waals surface area contributed by atoms with Gasteiger partial charge in [0.1, 0.15) is 0 Å². The Bertz CT molecular complexity index is 1130. The van der Waals surface area contributed by atoms with Gasteiger partial charge in [-0.2, -0.15) is 0 Å². The predicted molar refractivity (Wildman–Crippen MR) is 102 cm³/mol. The summed E-state index contributed by atoms with van der Waals surface area (Å²) >= 11 is 0. The summed E-state index contributed by atoms with van der Waals surface area (Å²) in [6, 6.07) is 12.4. The van der Waals surface area contributed by atoms with E-state index < -0.39 is 5.97 Å². The standard InChI is InChI=1S/C21H20N2O3/c1-12(2)26-21(24)20-15(11-25-3)19-17(10-22-20)23-16-9-8-13-6-4-5-7-14(13)18(16)19/h4-10,12,23H,11H2,1-3H3. The fourth-order valence-electron chi connectivity index (χ4n) is 3.45. The average molecular weight is 348 g/mol. The Hall–Kier alpha value is -2.92. The second-order valence-corrected chi connectivity index (χ2v) is 6.60. The molecule has 4 rings (SSSR count). The van der Waals surface area contributed by atoms with Crippen molar-refractivity contribution in [1.29, 1.82) is 0 Å². The van der Waals surface area contributed by atoms with Gasteiger partial charge in [-0.1, -0.05) is 30.3 Å². The number of aromatic amines is 1. The van der Waals surface area contributed by atoms with Gasteiger partial charge in [-0.15, -0.1) is 0 Å². The van der Waals surface area contributed by atoms with Crippen LogP contribution in [0.2, 0.25) is 0 Å². The van der Waals surface area contributed by atoms with Gasteiger partial charge in [-0.3, -0.25) is 0 Å². The molecular formula is C21H20N2O3. The maximum atomic E-state index is 12.6. The molecule has 4 aromatic rings. The first-order valence-electron chi connectivity index (χ1n) is 8.61. The minimum Gasteiger partial charge on any atom is -0.458 e. The highest BCUT2D eigenvalue weighted by Crippen LogP contribution is 2.35. The zero-order valence-corrected chi connectivity index (χ0v) is 15.0. The number of fused-ring (bicyclic) bond motifs is 5. The van der Waals surface area contributed by atoms with Crippen molar-refractivity contribution in [3.63, 3.8) is 0 Å². The van der Waals surface area contributed by atoms with Gasteiger partial charge in [-0.25, -0.2) is 9.78 Å². The summed E-state index contributed by atoms with van der Waals surface area (Å²) in [5.74, 6) is -0.427. The SMILES string of the molecule is COCc1c(C(=O)OC(C)C)ncc2[nH]c3ccc4ccccc4c3c12.